The summed E-state index contributed by atoms with van der Waals surface area (Å²) >= 11 is 2.70. The molecule has 2 amide bonds. The van der Waals surface area contributed by atoms with E-state index >= 15 is 0 Å². The van der Waals surface area contributed by atoms with Crippen molar-refractivity contribution in [1.29, 1.82) is 5.26 Å². The predicted molar refractivity (Wildman–Crippen MR) is 117 cm³/mol. The van der Waals surface area contributed by atoms with Gasteiger partial charge in [0.05, 0.1) is 16.9 Å². The van der Waals surface area contributed by atoms with E-state index in [1.54, 1.807) is 0 Å². The van der Waals surface area contributed by atoms with Crippen LogP contribution in [0.3, 0.4) is 0 Å². The van der Waals surface area contributed by atoms with Crippen molar-refractivity contribution >= 4 is 39.9 Å². The van der Waals surface area contributed by atoms with Gasteiger partial charge in [-0.05, 0) is 63.1 Å². The smallest absolute Gasteiger partial charge is 0.251 e. The maximum atomic E-state index is 12.6. The van der Waals surface area contributed by atoms with E-state index in [4.69, 9.17) is 5.73 Å². The zero-order chi connectivity index (χ0) is 21.1. The van der Waals surface area contributed by atoms with Crippen LogP contribution in [0.25, 0.3) is 0 Å². The van der Waals surface area contributed by atoms with Crippen LogP contribution in [0.1, 0.15) is 62.4 Å². The van der Waals surface area contributed by atoms with E-state index in [2.05, 4.69) is 16.4 Å². The fourth-order valence-corrected chi connectivity index (χ4v) is 5.75. The molecule has 0 unspecified atom stereocenters. The number of carbonyl (C=O) groups excluding carboxylic acids is 2. The van der Waals surface area contributed by atoms with E-state index in [0.29, 0.717) is 21.2 Å². The van der Waals surface area contributed by atoms with Crippen LogP contribution in [0.5, 0.6) is 0 Å². The first-order chi connectivity index (χ1) is 13.8. The van der Waals surface area contributed by atoms with E-state index in [1.807, 2.05) is 20.8 Å². The van der Waals surface area contributed by atoms with Crippen LogP contribution in [0.4, 0.5) is 5.00 Å². The lowest BCUT2D eigenvalue weighted by Crippen LogP contribution is -2.18. The van der Waals surface area contributed by atoms with Gasteiger partial charge in [-0.2, -0.15) is 5.26 Å². The highest BCUT2D eigenvalue weighted by atomic mass is 32.2. The largest absolute Gasteiger partial charge is 0.366 e. The standard InChI is InChI=1S/C21H24N4O2S2/c1-11-12(2)18(19(23)27)21(24-13(11)3)28-10-17(26)25-20-15(9-22)14-7-5-4-6-8-16(14)29-20/h4-8,10H2,1-3H3,(H2,23,27)(H,25,26). The van der Waals surface area contributed by atoms with E-state index in [0.717, 1.165) is 48.1 Å². The molecule has 1 aliphatic carbocycles. The molecular formula is C21H24N4O2S2. The molecule has 3 N–H and O–H groups in total. The van der Waals surface area contributed by atoms with Crippen molar-refractivity contribution in [1.82, 2.24) is 4.98 Å². The molecular weight excluding hydrogens is 404 g/mol. The number of aryl methyl sites for hydroxylation is 2. The summed E-state index contributed by atoms with van der Waals surface area (Å²) in [5, 5.41) is 13.6. The second kappa shape index (κ2) is 8.97. The highest BCUT2D eigenvalue weighted by Crippen LogP contribution is 2.37. The first kappa shape index (κ1) is 21.3. The predicted octanol–water partition coefficient (Wildman–Crippen LogP) is 4.04. The number of amides is 2. The number of fused-ring (bicyclic) bond motifs is 1. The van der Waals surface area contributed by atoms with Gasteiger partial charge in [0.1, 0.15) is 16.1 Å². The van der Waals surface area contributed by atoms with Crippen LogP contribution >= 0.6 is 23.1 Å². The van der Waals surface area contributed by atoms with Crippen molar-refractivity contribution in [3.05, 3.63) is 38.4 Å². The molecule has 2 aromatic heterocycles. The van der Waals surface area contributed by atoms with E-state index < -0.39 is 5.91 Å². The Labute approximate surface area is 178 Å². The average Bonchev–Trinajstić information content (AvgIpc) is 2.83. The van der Waals surface area contributed by atoms with Gasteiger partial charge in [-0.15, -0.1) is 11.3 Å². The summed E-state index contributed by atoms with van der Waals surface area (Å²) in [4.78, 5) is 30.1. The number of nitrogens with two attached hydrogens (primary N) is 1. The molecule has 0 aromatic carbocycles. The normalized spacial score (nSPS) is 13.3. The third-order valence-corrected chi connectivity index (χ3v) is 7.52. The molecule has 0 saturated carbocycles. The van der Waals surface area contributed by atoms with Crippen LogP contribution in [0.2, 0.25) is 0 Å². The second-order valence-corrected chi connectivity index (χ2v) is 9.28. The molecule has 0 bridgehead atoms. The van der Waals surface area contributed by atoms with Crippen molar-refractivity contribution in [2.45, 2.75) is 57.9 Å². The summed E-state index contributed by atoms with van der Waals surface area (Å²) in [6.45, 7) is 5.61. The van der Waals surface area contributed by atoms with Crippen LogP contribution < -0.4 is 11.1 Å². The minimum Gasteiger partial charge on any atom is -0.366 e. The molecule has 0 saturated heterocycles. The molecule has 1 aliphatic rings. The Balaban J connectivity index is 1.77. The quantitative estimate of drug-likeness (QED) is 0.552. The van der Waals surface area contributed by atoms with Crippen LogP contribution in [0, 0.1) is 32.1 Å². The summed E-state index contributed by atoms with van der Waals surface area (Å²) < 4.78 is 0. The van der Waals surface area contributed by atoms with Crippen LogP contribution in [0.15, 0.2) is 5.03 Å². The molecule has 0 fully saturated rings. The number of carbonyl (C=O) groups is 2. The molecule has 8 heteroatoms. The fourth-order valence-electron chi connectivity index (χ4n) is 3.55. The molecule has 152 valence electrons. The molecule has 29 heavy (non-hydrogen) atoms. The third-order valence-electron chi connectivity index (χ3n) is 5.34. The Hall–Kier alpha value is -2.37. The number of nitrogens with one attached hydrogen (secondary N) is 1. The number of primary amides is 1. The number of hydrogen-bond donors (Lipinski definition) is 2. The van der Waals surface area contributed by atoms with Gasteiger partial charge in [0.25, 0.3) is 5.91 Å². The molecule has 6 nitrogen and oxygen atoms in total. The van der Waals surface area contributed by atoms with Crippen molar-refractivity contribution in [3.8, 4) is 6.07 Å². The summed E-state index contributed by atoms with van der Waals surface area (Å²) in [7, 11) is 0. The molecule has 2 aromatic rings. The second-order valence-electron chi connectivity index (χ2n) is 7.21. The first-order valence-corrected chi connectivity index (χ1v) is 11.4. The molecule has 0 spiro atoms. The lowest BCUT2D eigenvalue weighted by molar-refractivity contribution is -0.113. The van der Waals surface area contributed by atoms with Crippen LogP contribution in [-0.4, -0.2) is 22.6 Å². The van der Waals surface area contributed by atoms with Gasteiger partial charge in [-0.25, -0.2) is 4.98 Å². The number of nitriles is 1. The zero-order valence-corrected chi connectivity index (χ0v) is 18.5. The summed E-state index contributed by atoms with van der Waals surface area (Å²) in [6.07, 6.45) is 5.24. The third kappa shape index (κ3) is 4.46. The molecule has 3 rings (SSSR count). The Bertz CT molecular complexity index is 1020. The van der Waals surface area contributed by atoms with E-state index in [9.17, 15) is 14.9 Å². The maximum Gasteiger partial charge on any atom is 0.251 e. The lowest BCUT2D eigenvalue weighted by atomic mass is 10.0. The SMILES string of the molecule is Cc1nc(SCC(=O)Nc2sc3c(c2C#N)CCCCC3)c(C(N)=O)c(C)c1C. The Morgan fingerprint density at radius 3 is 2.62 bits per heavy atom. The zero-order valence-electron chi connectivity index (χ0n) is 16.8. The van der Waals surface area contributed by atoms with Gasteiger partial charge in [0.2, 0.25) is 5.91 Å². The van der Waals surface area contributed by atoms with E-state index in [1.165, 1.54) is 34.4 Å². The number of pyridine rings is 1. The van der Waals surface area contributed by atoms with Gasteiger partial charge >= 0.3 is 0 Å². The highest BCUT2D eigenvalue weighted by Gasteiger charge is 2.22. The van der Waals surface area contributed by atoms with Gasteiger partial charge in [-0.1, -0.05) is 18.2 Å². The maximum absolute atomic E-state index is 12.6. The summed E-state index contributed by atoms with van der Waals surface area (Å²) in [6, 6.07) is 2.27. The molecule has 0 atom stereocenters. The number of aromatic nitrogens is 1. The highest BCUT2D eigenvalue weighted by molar-refractivity contribution is 8.00. The molecule has 0 radical (unpaired) electrons. The number of anilines is 1. The summed E-state index contributed by atoms with van der Waals surface area (Å²) in [5.74, 6) is -0.686. The van der Waals surface area contributed by atoms with E-state index in [-0.39, 0.29) is 11.7 Å². The molecule has 2 heterocycles. The first-order valence-electron chi connectivity index (χ1n) is 9.58. The van der Waals surface area contributed by atoms with Crippen molar-refractivity contribution in [3.63, 3.8) is 0 Å². The topological polar surface area (TPSA) is 109 Å². The van der Waals surface area contributed by atoms with Crippen LogP contribution in [-0.2, 0) is 17.6 Å². The number of nitrogens with zero attached hydrogens (tertiary/aromatic N) is 2. The van der Waals surface area contributed by atoms with Gasteiger partial charge in [0, 0.05) is 10.6 Å². The lowest BCUT2D eigenvalue weighted by Gasteiger charge is -2.13. The van der Waals surface area contributed by atoms with Gasteiger partial charge in [-0.3, -0.25) is 9.59 Å². The number of thioether (sulfide) groups is 1. The Morgan fingerprint density at radius 1 is 1.21 bits per heavy atom. The number of hydrogen-bond acceptors (Lipinski definition) is 6. The van der Waals surface area contributed by atoms with Crippen molar-refractivity contribution in [2.24, 2.45) is 5.73 Å². The molecule has 0 aliphatic heterocycles. The van der Waals surface area contributed by atoms with Gasteiger partial charge in [0.15, 0.2) is 0 Å². The number of rotatable bonds is 5. The monoisotopic (exact) mass is 428 g/mol. The average molecular weight is 429 g/mol. The number of thiophene rings is 1. The summed E-state index contributed by atoms with van der Waals surface area (Å²) in [5.41, 5.74) is 10.1. The minimum atomic E-state index is -0.547. The van der Waals surface area contributed by atoms with Gasteiger partial charge < -0.3 is 11.1 Å². The Kier molecular flexibility index (Phi) is 6.60. The Morgan fingerprint density at radius 2 is 1.93 bits per heavy atom. The minimum absolute atomic E-state index is 0.0860. The fraction of sp³-hybridized carbons (Fsp3) is 0.429. The van der Waals surface area contributed by atoms with Crippen molar-refractivity contribution < 1.29 is 9.59 Å². The van der Waals surface area contributed by atoms with Crippen molar-refractivity contribution in [2.75, 3.05) is 11.1 Å².